The van der Waals surface area contributed by atoms with Crippen molar-refractivity contribution in [3.8, 4) is 11.3 Å². The van der Waals surface area contributed by atoms with Crippen LogP contribution in [0.1, 0.15) is 37.7 Å². The van der Waals surface area contributed by atoms with Crippen LogP contribution in [0, 0.1) is 5.92 Å². The third-order valence-corrected chi connectivity index (χ3v) is 8.16. The molecule has 1 aromatic heterocycles. The molecule has 1 aliphatic rings. The molecule has 0 saturated heterocycles. The summed E-state index contributed by atoms with van der Waals surface area (Å²) in [7, 11) is -1.40. The summed E-state index contributed by atoms with van der Waals surface area (Å²) in [5.41, 5.74) is 3.97. The van der Waals surface area contributed by atoms with Gasteiger partial charge in [0.1, 0.15) is 0 Å². The number of rotatable bonds is 4. The van der Waals surface area contributed by atoms with Gasteiger partial charge in [-0.25, -0.2) is 0 Å². The van der Waals surface area contributed by atoms with Crippen molar-refractivity contribution in [3.63, 3.8) is 0 Å². The molecule has 0 bridgehead atoms. The van der Waals surface area contributed by atoms with Crippen molar-refractivity contribution in [1.29, 1.82) is 0 Å². The summed E-state index contributed by atoms with van der Waals surface area (Å²) in [6.07, 6.45) is 10.5. The van der Waals surface area contributed by atoms with Gasteiger partial charge in [-0.2, -0.15) is 0 Å². The second-order valence-electron chi connectivity index (χ2n) is 9.21. The Morgan fingerprint density at radius 1 is 0.926 bits per heavy atom. The van der Waals surface area contributed by atoms with Gasteiger partial charge in [-0.15, -0.1) is 0 Å². The zero-order valence-electron chi connectivity index (χ0n) is 17.0. The topological polar surface area (TPSA) is 12.9 Å². The number of nitrogens with zero attached hydrogens (tertiary/aromatic N) is 1. The molecule has 4 rings (SSSR count). The Hall–Kier alpha value is -1.93. The maximum atomic E-state index is 4.95. The van der Waals surface area contributed by atoms with E-state index in [1.807, 2.05) is 0 Å². The Kier molecular flexibility index (Phi) is 5.18. The third kappa shape index (κ3) is 4.01. The van der Waals surface area contributed by atoms with Crippen molar-refractivity contribution in [2.45, 2.75) is 58.2 Å². The fourth-order valence-electron chi connectivity index (χ4n) is 4.64. The molecule has 0 amide bonds. The molecule has 0 radical (unpaired) electrons. The van der Waals surface area contributed by atoms with E-state index in [1.165, 1.54) is 54.9 Å². The molecule has 1 fully saturated rings. The normalized spacial score (nSPS) is 16.0. The summed E-state index contributed by atoms with van der Waals surface area (Å²) >= 11 is 0. The van der Waals surface area contributed by atoms with Crippen molar-refractivity contribution in [1.82, 2.24) is 4.98 Å². The van der Waals surface area contributed by atoms with Crippen LogP contribution in [-0.4, -0.2) is 13.1 Å². The average Bonchev–Trinajstić information content (AvgIpc) is 2.67. The van der Waals surface area contributed by atoms with Gasteiger partial charge in [0.15, 0.2) is 0 Å². The van der Waals surface area contributed by atoms with E-state index in [4.69, 9.17) is 4.98 Å². The van der Waals surface area contributed by atoms with Gasteiger partial charge in [0.2, 0.25) is 0 Å². The average molecular weight is 374 g/mol. The monoisotopic (exact) mass is 373 g/mol. The standard InChI is InChI=1S/C25H31NSi/c1-27(2,3)25-18-26-24(17-21(25)16-19-10-5-4-6-11-19)23-15-9-13-20-12-7-8-14-22(20)23/h7-9,12-15,17-19H,4-6,10-11,16H2,1-3H3. The first-order valence-electron chi connectivity index (χ1n) is 10.5. The van der Waals surface area contributed by atoms with E-state index in [1.54, 1.807) is 10.8 Å². The smallest absolute Gasteiger partial charge is 0.0799 e. The van der Waals surface area contributed by atoms with Gasteiger partial charge in [-0.05, 0) is 39.9 Å². The Morgan fingerprint density at radius 2 is 1.67 bits per heavy atom. The molecular formula is C25H31NSi. The van der Waals surface area contributed by atoms with Crippen molar-refractivity contribution in [2.75, 3.05) is 0 Å². The third-order valence-electron chi connectivity index (χ3n) is 6.10. The van der Waals surface area contributed by atoms with Gasteiger partial charge in [-0.3, -0.25) is 4.98 Å². The zero-order chi connectivity index (χ0) is 18.9. The molecule has 2 aromatic carbocycles. The maximum Gasteiger partial charge on any atom is 0.0799 e. The molecule has 1 saturated carbocycles. The van der Waals surface area contributed by atoms with Crippen molar-refractivity contribution >= 4 is 24.0 Å². The van der Waals surface area contributed by atoms with E-state index < -0.39 is 8.07 Å². The maximum absolute atomic E-state index is 4.95. The zero-order valence-corrected chi connectivity index (χ0v) is 18.0. The Balaban J connectivity index is 1.79. The van der Waals surface area contributed by atoms with Crippen LogP contribution >= 0.6 is 0 Å². The van der Waals surface area contributed by atoms with Crippen LogP contribution in [0.2, 0.25) is 19.6 Å². The summed E-state index contributed by atoms with van der Waals surface area (Å²) in [6.45, 7) is 7.35. The molecule has 0 spiro atoms. The van der Waals surface area contributed by atoms with Gasteiger partial charge in [-0.1, -0.05) is 94.2 Å². The van der Waals surface area contributed by atoms with Gasteiger partial charge < -0.3 is 0 Å². The Morgan fingerprint density at radius 3 is 2.44 bits per heavy atom. The summed E-state index contributed by atoms with van der Waals surface area (Å²) in [5.74, 6) is 0.858. The van der Waals surface area contributed by atoms with Crippen LogP contribution < -0.4 is 5.19 Å². The summed E-state index contributed by atoms with van der Waals surface area (Å²) < 4.78 is 0. The van der Waals surface area contributed by atoms with E-state index in [0.29, 0.717) is 0 Å². The molecule has 1 nitrogen and oxygen atoms in total. The van der Waals surface area contributed by atoms with Crippen LogP contribution in [0.3, 0.4) is 0 Å². The lowest BCUT2D eigenvalue weighted by Crippen LogP contribution is -2.41. The molecule has 0 aliphatic heterocycles. The molecule has 1 heterocycles. The van der Waals surface area contributed by atoms with E-state index in [0.717, 1.165) is 11.6 Å². The quantitative estimate of drug-likeness (QED) is 0.471. The van der Waals surface area contributed by atoms with E-state index in [9.17, 15) is 0 Å². The van der Waals surface area contributed by atoms with Gasteiger partial charge >= 0.3 is 0 Å². The first-order valence-corrected chi connectivity index (χ1v) is 14.0. The summed E-state index contributed by atoms with van der Waals surface area (Å²) in [6, 6.07) is 17.7. The Bertz CT molecular complexity index is 927. The first-order chi connectivity index (χ1) is 13.0. The molecule has 140 valence electrons. The SMILES string of the molecule is C[Si](C)(C)c1cnc(-c2cccc3ccccc23)cc1CC1CCCCC1. The van der Waals surface area contributed by atoms with E-state index in [2.05, 4.69) is 74.4 Å². The molecule has 27 heavy (non-hydrogen) atoms. The number of aromatic nitrogens is 1. The number of benzene rings is 2. The van der Waals surface area contributed by atoms with E-state index >= 15 is 0 Å². The minimum atomic E-state index is -1.40. The van der Waals surface area contributed by atoms with Crippen LogP contribution in [0.5, 0.6) is 0 Å². The van der Waals surface area contributed by atoms with Gasteiger partial charge in [0, 0.05) is 11.8 Å². The highest BCUT2D eigenvalue weighted by molar-refractivity contribution is 6.89. The largest absolute Gasteiger partial charge is 0.256 e. The van der Waals surface area contributed by atoms with Crippen LogP contribution in [-0.2, 0) is 6.42 Å². The summed E-state index contributed by atoms with van der Waals surface area (Å²) in [4.78, 5) is 4.95. The van der Waals surface area contributed by atoms with Crippen LogP contribution in [0.4, 0.5) is 0 Å². The van der Waals surface area contributed by atoms with Crippen LogP contribution in [0.15, 0.2) is 54.7 Å². The number of hydrogen-bond acceptors (Lipinski definition) is 1. The predicted octanol–water partition coefficient (Wildman–Crippen LogP) is 6.57. The molecule has 0 atom stereocenters. The number of pyridine rings is 1. The molecule has 2 heteroatoms. The number of fused-ring (bicyclic) bond motifs is 1. The Labute approximate surface area is 164 Å². The lowest BCUT2D eigenvalue weighted by molar-refractivity contribution is 0.357. The molecule has 0 N–H and O–H groups in total. The fourth-order valence-corrected chi connectivity index (χ4v) is 6.23. The van der Waals surface area contributed by atoms with Gasteiger partial charge in [0.05, 0.1) is 13.8 Å². The first kappa shape index (κ1) is 18.4. The summed E-state index contributed by atoms with van der Waals surface area (Å²) in [5, 5.41) is 4.15. The number of hydrogen-bond donors (Lipinski definition) is 0. The van der Waals surface area contributed by atoms with Crippen molar-refractivity contribution in [3.05, 3.63) is 60.3 Å². The van der Waals surface area contributed by atoms with Crippen molar-refractivity contribution < 1.29 is 0 Å². The van der Waals surface area contributed by atoms with E-state index in [-0.39, 0.29) is 0 Å². The lowest BCUT2D eigenvalue weighted by Gasteiger charge is -2.26. The highest BCUT2D eigenvalue weighted by atomic mass is 28.3. The molecule has 1 aliphatic carbocycles. The highest BCUT2D eigenvalue weighted by Gasteiger charge is 2.24. The minimum absolute atomic E-state index is 0.858. The van der Waals surface area contributed by atoms with Crippen LogP contribution in [0.25, 0.3) is 22.0 Å². The molecule has 3 aromatic rings. The second-order valence-corrected chi connectivity index (χ2v) is 14.3. The van der Waals surface area contributed by atoms with Gasteiger partial charge in [0.25, 0.3) is 0 Å². The molecule has 0 unspecified atom stereocenters. The fraction of sp³-hybridized carbons (Fsp3) is 0.400. The lowest BCUT2D eigenvalue weighted by atomic mass is 9.85. The van der Waals surface area contributed by atoms with Crippen molar-refractivity contribution in [2.24, 2.45) is 5.92 Å². The highest BCUT2D eigenvalue weighted by Crippen LogP contribution is 2.30. The predicted molar refractivity (Wildman–Crippen MR) is 120 cm³/mol. The minimum Gasteiger partial charge on any atom is -0.256 e. The molecular weight excluding hydrogens is 342 g/mol. The second kappa shape index (κ2) is 7.59.